The largest absolute Gasteiger partial charge is 0.414 e. The lowest BCUT2D eigenvalue weighted by molar-refractivity contribution is -0.156. The highest BCUT2D eigenvalue weighted by atomic mass is 19.4. The smallest absolute Gasteiger partial charge is 0.334 e. The molecule has 0 aliphatic heterocycles. The molecule has 1 amide bonds. The lowest BCUT2D eigenvalue weighted by atomic mass is 10.1. The molecule has 0 fully saturated rings. The molecule has 0 saturated carbocycles. The van der Waals surface area contributed by atoms with Gasteiger partial charge in [0, 0.05) is 19.3 Å². The fraction of sp³-hybridized carbons (Fsp3) is 0.231. The number of halogens is 3. The maximum Gasteiger partial charge on any atom is 0.414 e. The summed E-state index contributed by atoms with van der Waals surface area (Å²) in [7, 11) is 1.29. The van der Waals surface area contributed by atoms with Gasteiger partial charge in [-0.05, 0) is 18.2 Å². The van der Waals surface area contributed by atoms with Crippen LogP contribution in [0.2, 0.25) is 0 Å². The van der Waals surface area contributed by atoms with Crippen molar-refractivity contribution in [2.45, 2.75) is 12.2 Å². The third-order valence-electron chi connectivity index (χ3n) is 2.78. The summed E-state index contributed by atoms with van der Waals surface area (Å²) in [4.78, 5) is 26.7. The van der Waals surface area contributed by atoms with Gasteiger partial charge in [-0.2, -0.15) is 18.3 Å². The van der Waals surface area contributed by atoms with E-state index in [1.165, 1.54) is 25.4 Å². The van der Waals surface area contributed by atoms with E-state index in [1.807, 2.05) is 5.32 Å². The summed E-state index contributed by atoms with van der Waals surface area (Å²) in [6.45, 7) is 0. The fourth-order valence-electron chi connectivity index (χ4n) is 1.70. The summed E-state index contributed by atoms with van der Waals surface area (Å²) in [6, 6.07) is 3.85. The first-order valence-corrected chi connectivity index (χ1v) is 6.12. The van der Waals surface area contributed by atoms with E-state index in [0.717, 1.165) is 22.9 Å². The average molecular weight is 312 g/mol. The third kappa shape index (κ3) is 3.48. The molecule has 0 aromatic carbocycles. The molecular formula is C13H11F3N4O2. The van der Waals surface area contributed by atoms with Crippen LogP contribution in [0.25, 0.3) is 0 Å². The van der Waals surface area contributed by atoms with Crippen molar-refractivity contribution in [3.05, 3.63) is 58.3 Å². The Morgan fingerprint density at radius 3 is 2.55 bits per heavy atom. The lowest BCUT2D eigenvalue weighted by Gasteiger charge is -2.20. The van der Waals surface area contributed by atoms with E-state index < -0.39 is 23.7 Å². The van der Waals surface area contributed by atoms with Crippen molar-refractivity contribution < 1.29 is 18.0 Å². The van der Waals surface area contributed by atoms with E-state index in [4.69, 9.17) is 0 Å². The van der Waals surface area contributed by atoms with Crippen LogP contribution in [0.5, 0.6) is 0 Å². The van der Waals surface area contributed by atoms with Crippen molar-refractivity contribution >= 4 is 5.91 Å². The SMILES string of the molecule is Cn1nc(C(=O)N[C@H](c2ccccn2)C(F)(F)F)ccc1=O. The van der Waals surface area contributed by atoms with E-state index in [-0.39, 0.29) is 11.4 Å². The Morgan fingerprint density at radius 1 is 1.27 bits per heavy atom. The Hall–Kier alpha value is -2.71. The zero-order chi connectivity index (χ0) is 16.3. The van der Waals surface area contributed by atoms with Gasteiger partial charge in [0.05, 0.1) is 5.69 Å². The summed E-state index contributed by atoms with van der Waals surface area (Å²) in [6.07, 6.45) is -3.52. The number of carbonyl (C=O) groups is 1. The Balaban J connectivity index is 2.29. The molecule has 0 unspecified atom stereocenters. The van der Waals surface area contributed by atoms with Crippen LogP contribution in [0.4, 0.5) is 13.2 Å². The second kappa shape index (κ2) is 5.96. The van der Waals surface area contributed by atoms with Crippen LogP contribution in [-0.4, -0.2) is 26.8 Å². The molecule has 1 N–H and O–H groups in total. The van der Waals surface area contributed by atoms with Crippen LogP contribution in [0, 0.1) is 0 Å². The average Bonchev–Trinajstić information content (AvgIpc) is 2.47. The van der Waals surface area contributed by atoms with E-state index in [1.54, 1.807) is 0 Å². The van der Waals surface area contributed by atoms with E-state index >= 15 is 0 Å². The maximum atomic E-state index is 13.1. The first-order chi connectivity index (χ1) is 10.3. The van der Waals surface area contributed by atoms with Crippen molar-refractivity contribution in [3.63, 3.8) is 0 Å². The van der Waals surface area contributed by atoms with Gasteiger partial charge in [-0.25, -0.2) is 4.68 Å². The van der Waals surface area contributed by atoms with Gasteiger partial charge < -0.3 is 5.32 Å². The van der Waals surface area contributed by atoms with Crippen LogP contribution in [-0.2, 0) is 7.05 Å². The molecule has 6 nitrogen and oxygen atoms in total. The number of pyridine rings is 1. The molecule has 2 heterocycles. The maximum absolute atomic E-state index is 13.1. The molecule has 0 bridgehead atoms. The van der Waals surface area contributed by atoms with Crippen molar-refractivity contribution in [1.82, 2.24) is 20.1 Å². The predicted molar refractivity (Wildman–Crippen MR) is 70.0 cm³/mol. The highest BCUT2D eigenvalue weighted by Crippen LogP contribution is 2.31. The van der Waals surface area contributed by atoms with Crippen molar-refractivity contribution in [2.75, 3.05) is 0 Å². The van der Waals surface area contributed by atoms with Crippen LogP contribution in [0.15, 0.2) is 41.3 Å². The molecule has 0 radical (unpaired) electrons. The van der Waals surface area contributed by atoms with Crippen LogP contribution in [0.1, 0.15) is 22.2 Å². The third-order valence-corrected chi connectivity index (χ3v) is 2.78. The molecule has 116 valence electrons. The van der Waals surface area contributed by atoms with E-state index in [2.05, 4.69) is 10.1 Å². The predicted octanol–water partition coefficient (Wildman–Crippen LogP) is 1.21. The number of aromatic nitrogens is 3. The topological polar surface area (TPSA) is 76.9 Å². The molecule has 2 rings (SSSR count). The van der Waals surface area contributed by atoms with Gasteiger partial charge in [0.2, 0.25) is 0 Å². The minimum absolute atomic E-state index is 0.299. The van der Waals surface area contributed by atoms with Crippen LogP contribution >= 0.6 is 0 Å². The Kier molecular flexibility index (Phi) is 4.25. The quantitative estimate of drug-likeness (QED) is 0.924. The molecule has 2 aromatic heterocycles. The molecule has 1 atom stereocenters. The molecule has 0 spiro atoms. The van der Waals surface area contributed by atoms with Gasteiger partial charge >= 0.3 is 6.18 Å². The van der Waals surface area contributed by atoms with Gasteiger partial charge in [-0.3, -0.25) is 14.6 Å². The first kappa shape index (κ1) is 15.7. The van der Waals surface area contributed by atoms with E-state index in [0.29, 0.717) is 0 Å². The minimum Gasteiger partial charge on any atom is -0.334 e. The first-order valence-electron chi connectivity index (χ1n) is 6.12. The van der Waals surface area contributed by atoms with Crippen LogP contribution < -0.4 is 10.9 Å². The molecule has 22 heavy (non-hydrogen) atoms. The summed E-state index contributed by atoms with van der Waals surface area (Å²) in [5.41, 5.74) is -1.12. The summed E-state index contributed by atoms with van der Waals surface area (Å²) >= 11 is 0. The zero-order valence-electron chi connectivity index (χ0n) is 11.3. The molecule has 9 heteroatoms. The molecule has 2 aromatic rings. The molecular weight excluding hydrogens is 301 g/mol. The second-order valence-corrected chi connectivity index (χ2v) is 4.38. The number of nitrogens with one attached hydrogen (secondary N) is 1. The molecule has 0 aliphatic rings. The number of rotatable bonds is 3. The summed E-state index contributed by atoms with van der Waals surface area (Å²) < 4.78 is 40.1. The number of alkyl halides is 3. The van der Waals surface area contributed by atoms with Gasteiger partial charge in [-0.1, -0.05) is 6.07 Å². The second-order valence-electron chi connectivity index (χ2n) is 4.38. The van der Waals surface area contributed by atoms with Crippen molar-refractivity contribution in [2.24, 2.45) is 7.05 Å². The van der Waals surface area contributed by atoms with Gasteiger partial charge in [0.15, 0.2) is 6.04 Å². The zero-order valence-corrected chi connectivity index (χ0v) is 11.3. The van der Waals surface area contributed by atoms with Crippen molar-refractivity contribution in [3.8, 4) is 0 Å². The van der Waals surface area contributed by atoms with Crippen molar-refractivity contribution in [1.29, 1.82) is 0 Å². The number of nitrogens with zero attached hydrogens (tertiary/aromatic N) is 3. The van der Waals surface area contributed by atoms with Crippen LogP contribution in [0.3, 0.4) is 0 Å². The number of carbonyl (C=O) groups excluding carboxylic acids is 1. The highest BCUT2D eigenvalue weighted by Gasteiger charge is 2.43. The standard InChI is InChI=1S/C13H11F3N4O2/c1-20-10(21)6-5-9(19-20)12(22)18-11(13(14,15)16)8-4-2-3-7-17-8/h2-7,11H,1H3,(H,18,22)/t11-/m1/s1. The number of aryl methyl sites for hydroxylation is 1. The number of amides is 1. The Morgan fingerprint density at radius 2 is 2.00 bits per heavy atom. The molecule has 0 saturated heterocycles. The van der Waals surface area contributed by atoms with Gasteiger partial charge in [0.25, 0.3) is 11.5 Å². The fourth-order valence-corrected chi connectivity index (χ4v) is 1.70. The monoisotopic (exact) mass is 312 g/mol. The normalized spacial score (nSPS) is 12.7. The van der Waals surface area contributed by atoms with Gasteiger partial charge in [-0.15, -0.1) is 0 Å². The minimum atomic E-state index is -4.72. The molecule has 0 aliphatic carbocycles. The summed E-state index contributed by atoms with van der Waals surface area (Å²) in [5, 5.41) is 5.44. The Bertz CT molecular complexity index is 728. The summed E-state index contributed by atoms with van der Waals surface area (Å²) in [5.74, 6) is -1.05. The Labute approximate surface area is 122 Å². The van der Waals surface area contributed by atoms with E-state index in [9.17, 15) is 22.8 Å². The number of hydrogen-bond acceptors (Lipinski definition) is 4. The lowest BCUT2D eigenvalue weighted by Crippen LogP contribution is -2.39. The highest BCUT2D eigenvalue weighted by molar-refractivity contribution is 5.92. The number of hydrogen-bond donors (Lipinski definition) is 1. The van der Waals surface area contributed by atoms with Gasteiger partial charge in [0.1, 0.15) is 5.69 Å².